The van der Waals surface area contributed by atoms with E-state index >= 15 is 0 Å². The Hall–Kier alpha value is -3.15. The van der Waals surface area contributed by atoms with Crippen LogP contribution in [0.2, 0.25) is 0 Å². The number of para-hydroxylation sites is 1. The van der Waals surface area contributed by atoms with E-state index in [0.29, 0.717) is 5.69 Å². The number of amides is 2. The second-order valence-electron chi connectivity index (χ2n) is 4.91. The van der Waals surface area contributed by atoms with E-state index < -0.39 is 0 Å². The minimum absolute atomic E-state index is 0.162. The predicted octanol–water partition coefficient (Wildman–Crippen LogP) is 2.59. The molecule has 0 saturated carbocycles. The molecular formula is C17H15N3O3. The summed E-state index contributed by atoms with van der Waals surface area (Å²) in [6, 6.07) is 12.6. The lowest BCUT2D eigenvalue weighted by atomic mass is 10.2. The lowest BCUT2D eigenvalue weighted by molar-refractivity contribution is -0.116. The van der Waals surface area contributed by atoms with Crippen molar-refractivity contribution in [3.63, 3.8) is 0 Å². The van der Waals surface area contributed by atoms with Gasteiger partial charge in [-0.1, -0.05) is 18.2 Å². The van der Waals surface area contributed by atoms with E-state index in [1.807, 2.05) is 24.3 Å². The van der Waals surface area contributed by atoms with E-state index in [2.05, 4.69) is 15.6 Å². The first-order valence-corrected chi connectivity index (χ1v) is 7.19. The van der Waals surface area contributed by atoms with Crippen molar-refractivity contribution in [3.8, 4) is 0 Å². The molecule has 0 bridgehead atoms. The number of furan rings is 1. The van der Waals surface area contributed by atoms with Gasteiger partial charge in [0.25, 0.3) is 5.91 Å². The SMILES string of the molecule is O=C(CCNC(=O)c1ccco1)Nc1cccc2cccnc12. The molecule has 0 radical (unpaired) electrons. The molecule has 116 valence electrons. The Bertz CT molecular complexity index is 823. The van der Waals surface area contributed by atoms with Crippen molar-refractivity contribution in [2.45, 2.75) is 6.42 Å². The fourth-order valence-electron chi connectivity index (χ4n) is 2.20. The smallest absolute Gasteiger partial charge is 0.286 e. The average Bonchev–Trinajstić information content (AvgIpc) is 3.10. The summed E-state index contributed by atoms with van der Waals surface area (Å²) in [7, 11) is 0. The first-order chi connectivity index (χ1) is 11.2. The van der Waals surface area contributed by atoms with Crippen molar-refractivity contribution in [2.24, 2.45) is 0 Å². The normalized spacial score (nSPS) is 10.4. The highest BCUT2D eigenvalue weighted by Gasteiger charge is 2.10. The number of hydrogen-bond donors (Lipinski definition) is 2. The van der Waals surface area contributed by atoms with E-state index in [9.17, 15) is 9.59 Å². The Kier molecular flexibility index (Phi) is 4.33. The molecule has 0 saturated heterocycles. The molecule has 2 amide bonds. The van der Waals surface area contributed by atoms with E-state index in [1.54, 1.807) is 24.4 Å². The van der Waals surface area contributed by atoms with Gasteiger partial charge < -0.3 is 15.1 Å². The Morgan fingerprint density at radius 1 is 1.09 bits per heavy atom. The van der Waals surface area contributed by atoms with Gasteiger partial charge in [-0.15, -0.1) is 0 Å². The highest BCUT2D eigenvalue weighted by molar-refractivity contribution is 6.00. The van der Waals surface area contributed by atoms with E-state index in [1.165, 1.54) is 6.26 Å². The maximum Gasteiger partial charge on any atom is 0.286 e. The van der Waals surface area contributed by atoms with Gasteiger partial charge in [0.15, 0.2) is 5.76 Å². The third kappa shape index (κ3) is 3.55. The minimum atomic E-state index is -0.338. The molecule has 23 heavy (non-hydrogen) atoms. The third-order valence-corrected chi connectivity index (χ3v) is 3.29. The number of anilines is 1. The third-order valence-electron chi connectivity index (χ3n) is 3.29. The molecule has 2 aromatic heterocycles. The molecule has 2 heterocycles. The second-order valence-corrected chi connectivity index (χ2v) is 4.91. The number of hydrogen-bond acceptors (Lipinski definition) is 4. The summed E-state index contributed by atoms with van der Waals surface area (Å²) in [6.45, 7) is 0.226. The lowest BCUT2D eigenvalue weighted by Gasteiger charge is -2.08. The number of nitrogens with one attached hydrogen (secondary N) is 2. The maximum absolute atomic E-state index is 12.0. The summed E-state index contributed by atoms with van der Waals surface area (Å²) in [6.07, 6.45) is 3.27. The van der Waals surface area contributed by atoms with Crippen molar-refractivity contribution < 1.29 is 14.0 Å². The molecule has 6 nitrogen and oxygen atoms in total. The number of carbonyl (C=O) groups is 2. The molecule has 0 aliphatic rings. The fraction of sp³-hybridized carbons (Fsp3) is 0.118. The van der Waals surface area contributed by atoms with Crippen LogP contribution in [0.4, 0.5) is 5.69 Å². The molecule has 0 aliphatic carbocycles. The average molecular weight is 309 g/mol. The number of aromatic nitrogens is 1. The maximum atomic E-state index is 12.0. The molecule has 0 atom stereocenters. The molecule has 6 heteroatoms. The zero-order chi connectivity index (χ0) is 16.1. The van der Waals surface area contributed by atoms with Crippen LogP contribution in [0, 0.1) is 0 Å². The fourth-order valence-corrected chi connectivity index (χ4v) is 2.20. The van der Waals surface area contributed by atoms with Crippen LogP contribution >= 0.6 is 0 Å². The van der Waals surface area contributed by atoms with Gasteiger partial charge in [0, 0.05) is 24.5 Å². The van der Waals surface area contributed by atoms with Crippen LogP contribution in [0.25, 0.3) is 10.9 Å². The Labute approximate surface area is 132 Å². The van der Waals surface area contributed by atoms with Gasteiger partial charge in [-0.3, -0.25) is 14.6 Å². The standard InChI is InChI=1S/C17H15N3O3/c21-15(8-10-19-17(22)14-7-3-11-23-14)20-13-6-1-4-12-5-2-9-18-16(12)13/h1-7,9,11H,8,10H2,(H,19,22)(H,20,21). The van der Waals surface area contributed by atoms with Crippen molar-refractivity contribution in [1.82, 2.24) is 10.3 Å². The zero-order valence-electron chi connectivity index (χ0n) is 12.3. The monoisotopic (exact) mass is 309 g/mol. The van der Waals surface area contributed by atoms with Crippen LogP contribution in [-0.4, -0.2) is 23.3 Å². The largest absolute Gasteiger partial charge is 0.459 e. The van der Waals surface area contributed by atoms with Gasteiger partial charge in [-0.05, 0) is 24.3 Å². The molecule has 3 aromatic rings. The molecule has 0 aliphatic heterocycles. The molecule has 0 spiro atoms. The van der Waals surface area contributed by atoms with Crippen molar-refractivity contribution in [3.05, 3.63) is 60.7 Å². The van der Waals surface area contributed by atoms with Crippen LogP contribution in [-0.2, 0) is 4.79 Å². The van der Waals surface area contributed by atoms with E-state index in [0.717, 1.165) is 10.9 Å². The highest BCUT2D eigenvalue weighted by atomic mass is 16.3. The van der Waals surface area contributed by atoms with Gasteiger partial charge in [-0.25, -0.2) is 0 Å². The van der Waals surface area contributed by atoms with Crippen molar-refractivity contribution in [1.29, 1.82) is 0 Å². The number of carbonyl (C=O) groups excluding carboxylic acids is 2. The summed E-state index contributed by atoms with van der Waals surface area (Å²) in [5.74, 6) is -0.304. The summed E-state index contributed by atoms with van der Waals surface area (Å²) in [4.78, 5) is 28.0. The van der Waals surface area contributed by atoms with Gasteiger partial charge in [-0.2, -0.15) is 0 Å². The lowest BCUT2D eigenvalue weighted by Crippen LogP contribution is -2.27. The van der Waals surface area contributed by atoms with Crippen LogP contribution in [0.15, 0.2) is 59.3 Å². The Balaban J connectivity index is 1.56. The zero-order valence-corrected chi connectivity index (χ0v) is 12.3. The highest BCUT2D eigenvalue weighted by Crippen LogP contribution is 2.20. The van der Waals surface area contributed by atoms with Gasteiger partial charge in [0.05, 0.1) is 17.5 Å². The molecule has 0 fully saturated rings. The molecule has 3 rings (SSSR count). The van der Waals surface area contributed by atoms with Crippen LogP contribution in [0.3, 0.4) is 0 Å². The quantitative estimate of drug-likeness (QED) is 0.758. The molecular weight excluding hydrogens is 294 g/mol. The Morgan fingerprint density at radius 3 is 2.78 bits per heavy atom. The summed E-state index contributed by atoms with van der Waals surface area (Å²) >= 11 is 0. The van der Waals surface area contributed by atoms with Gasteiger partial charge in [0.1, 0.15) is 0 Å². The minimum Gasteiger partial charge on any atom is -0.459 e. The predicted molar refractivity (Wildman–Crippen MR) is 86.0 cm³/mol. The second kappa shape index (κ2) is 6.74. The Morgan fingerprint density at radius 2 is 1.96 bits per heavy atom. The summed E-state index contributed by atoms with van der Waals surface area (Å²) < 4.78 is 4.98. The van der Waals surface area contributed by atoms with Gasteiger partial charge >= 0.3 is 0 Å². The summed E-state index contributed by atoms with van der Waals surface area (Å²) in [5, 5.41) is 6.40. The number of benzene rings is 1. The van der Waals surface area contributed by atoms with E-state index in [-0.39, 0.29) is 30.5 Å². The van der Waals surface area contributed by atoms with Crippen molar-refractivity contribution >= 4 is 28.4 Å². The van der Waals surface area contributed by atoms with Gasteiger partial charge in [0.2, 0.25) is 5.91 Å². The van der Waals surface area contributed by atoms with E-state index in [4.69, 9.17) is 4.42 Å². The number of rotatable bonds is 5. The number of fused-ring (bicyclic) bond motifs is 1. The van der Waals surface area contributed by atoms with Crippen LogP contribution in [0.5, 0.6) is 0 Å². The topological polar surface area (TPSA) is 84.2 Å². The first-order valence-electron chi connectivity index (χ1n) is 7.19. The molecule has 2 N–H and O–H groups in total. The van der Waals surface area contributed by atoms with Crippen molar-refractivity contribution in [2.75, 3.05) is 11.9 Å². The molecule has 0 unspecified atom stereocenters. The first kappa shape index (κ1) is 14.8. The summed E-state index contributed by atoms with van der Waals surface area (Å²) in [5.41, 5.74) is 1.40. The molecule has 1 aromatic carbocycles. The van der Waals surface area contributed by atoms with Crippen LogP contribution in [0.1, 0.15) is 17.0 Å². The van der Waals surface area contributed by atoms with Crippen LogP contribution < -0.4 is 10.6 Å². The number of pyridine rings is 1. The number of nitrogens with zero attached hydrogens (tertiary/aromatic N) is 1.